The molecule has 5 heteroatoms. The summed E-state index contributed by atoms with van der Waals surface area (Å²) in [5.74, 6) is 1.15. The van der Waals surface area contributed by atoms with Crippen molar-refractivity contribution < 1.29 is 14.3 Å². The molecule has 3 rings (SSSR count). The number of hydrogen-bond donors (Lipinski definition) is 1. The third-order valence-electron chi connectivity index (χ3n) is 4.76. The predicted octanol–water partition coefficient (Wildman–Crippen LogP) is 6.09. The zero-order valence-corrected chi connectivity index (χ0v) is 17.5. The number of carbonyl (C=O) groups excluding carboxylic acids is 1. The van der Waals surface area contributed by atoms with E-state index in [-0.39, 0.29) is 11.8 Å². The Morgan fingerprint density at radius 2 is 1.59 bits per heavy atom. The van der Waals surface area contributed by atoms with E-state index in [1.165, 1.54) is 5.56 Å². The Labute approximate surface area is 176 Å². The fraction of sp³-hybridized carbons (Fsp3) is 0.208. The third-order valence-corrected chi connectivity index (χ3v) is 5.01. The number of anilines is 1. The highest BCUT2D eigenvalue weighted by Crippen LogP contribution is 2.30. The van der Waals surface area contributed by atoms with Crippen LogP contribution in [0.3, 0.4) is 0 Å². The van der Waals surface area contributed by atoms with Gasteiger partial charge in [-0.15, -0.1) is 0 Å². The molecule has 0 aliphatic heterocycles. The van der Waals surface area contributed by atoms with Crippen LogP contribution in [0.5, 0.6) is 11.5 Å². The summed E-state index contributed by atoms with van der Waals surface area (Å²) >= 11 is 6.00. The number of aryl methyl sites for hydroxylation is 1. The molecule has 0 aromatic heterocycles. The minimum Gasteiger partial charge on any atom is -0.493 e. The van der Waals surface area contributed by atoms with Crippen LogP contribution in [0.2, 0.25) is 5.02 Å². The zero-order chi connectivity index (χ0) is 20.8. The molecule has 0 bridgehead atoms. The molecule has 3 aromatic carbocycles. The molecule has 0 fully saturated rings. The highest BCUT2D eigenvalue weighted by molar-refractivity contribution is 6.30. The molecular weight excluding hydrogens is 386 g/mol. The molecule has 29 heavy (non-hydrogen) atoms. The van der Waals surface area contributed by atoms with E-state index >= 15 is 0 Å². The summed E-state index contributed by atoms with van der Waals surface area (Å²) in [6.45, 7) is 2.04. The molecule has 0 amide bonds. The maximum absolute atomic E-state index is 13.0. The second-order valence-corrected chi connectivity index (χ2v) is 7.25. The minimum atomic E-state index is -0.183. The van der Waals surface area contributed by atoms with Gasteiger partial charge in [0.25, 0.3) is 0 Å². The summed E-state index contributed by atoms with van der Waals surface area (Å²) in [6, 6.07) is 20.7. The number of ether oxygens (including phenoxy) is 2. The maximum Gasteiger partial charge on any atom is 0.165 e. The number of ketones is 1. The Morgan fingerprint density at radius 3 is 2.21 bits per heavy atom. The quantitative estimate of drug-likeness (QED) is 0.457. The lowest BCUT2D eigenvalue weighted by atomic mass is 9.96. The molecule has 0 spiro atoms. The van der Waals surface area contributed by atoms with Crippen molar-refractivity contribution in [1.82, 2.24) is 0 Å². The summed E-state index contributed by atoms with van der Waals surface area (Å²) in [5.41, 5.74) is 3.70. The standard InChI is InChI=1S/C24H24ClNO3/c1-16-4-6-17(7-5-16)21(26-20-11-9-19(25)10-12-20)15-22(27)18-8-13-23(28-2)24(14-18)29-3/h4-14,21,26H,15H2,1-3H3. The van der Waals surface area contributed by atoms with Crippen molar-refractivity contribution in [2.75, 3.05) is 19.5 Å². The van der Waals surface area contributed by atoms with Gasteiger partial charge in [0, 0.05) is 22.7 Å². The number of nitrogens with one attached hydrogen (secondary N) is 1. The van der Waals surface area contributed by atoms with Crippen LogP contribution in [0.4, 0.5) is 5.69 Å². The topological polar surface area (TPSA) is 47.6 Å². The van der Waals surface area contributed by atoms with Gasteiger partial charge in [0.05, 0.1) is 20.3 Å². The van der Waals surface area contributed by atoms with E-state index in [0.717, 1.165) is 11.3 Å². The van der Waals surface area contributed by atoms with Gasteiger partial charge in [0.2, 0.25) is 0 Å². The summed E-state index contributed by atoms with van der Waals surface area (Å²) in [5, 5.41) is 4.13. The second-order valence-electron chi connectivity index (χ2n) is 6.81. The lowest BCUT2D eigenvalue weighted by Gasteiger charge is -2.20. The summed E-state index contributed by atoms with van der Waals surface area (Å²) < 4.78 is 10.6. The minimum absolute atomic E-state index is 0.0120. The van der Waals surface area contributed by atoms with Crippen LogP contribution in [0.15, 0.2) is 66.7 Å². The van der Waals surface area contributed by atoms with Crippen molar-refractivity contribution in [2.45, 2.75) is 19.4 Å². The molecule has 0 radical (unpaired) electrons. The molecule has 4 nitrogen and oxygen atoms in total. The van der Waals surface area contributed by atoms with Crippen molar-refractivity contribution in [2.24, 2.45) is 0 Å². The molecule has 0 heterocycles. The SMILES string of the molecule is COc1ccc(C(=O)CC(Nc2ccc(Cl)cc2)c2ccc(C)cc2)cc1OC. The molecule has 150 valence electrons. The molecular formula is C24H24ClNO3. The van der Waals surface area contributed by atoms with Crippen LogP contribution in [0.25, 0.3) is 0 Å². The first-order chi connectivity index (χ1) is 14.0. The van der Waals surface area contributed by atoms with Gasteiger partial charge in [-0.3, -0.25) is 4.79 Å². The highest BCUT2D eigenvalue weighted by atomic mass is 35.5. The third kappa shape index (κ3) is 5.30. The van der Waals surface area contributed by atoms with Crippen molar-refractivity contribution in [3.8, 4) is 11.5 Å². The van der Waals surface area contributed by atoms with Crippen LogP contribution in [0, 0.1) is 6.92 Å². The number of carbonyl (C=O) groups is 1. The fourth-order valence-corrected chi connectivity index (χ4v) is 3.24. The van der Waals surface area contributed by atoms with E-state index < -0.39 is 0 Å². The van der Waals surface area contributed by atoms with Gasteiger partial charge in [-0.25, -0.2) is 0 Å². The van der Waals surface area contributed by atoms with Crippen molar-refractivity contribution in [3.63, 3.8) is 0 Å². The average Bonchev–Trinajstić information content (AvgIpc) is 2.74. The van der Waals surface area contributed by atoms with Gasteiger partial charge in [-0.1, -0.05) is 41.4 Å². The molecule has 0 aliphatic carbocycles. The molecule has 0 saturated heterocycles. The van der Waals surface area contributed by atoms with Gasteiger partial charge >= 0.3 is 0 Å². The van der Waals surface area contributed by atoms with Crippen LogP contribution >= 0.6 is 11.6 Å². The number of halogens is 1. The first kappa shape index (κ1) is 20.7. The Balaban J connectivity index is 1.86. The Kier molecular flexibility index (Phi) is 6.78. The average molecular weight is 410 g/mol. The number of benzene rings is 3. The van der Waals surface area contributed by atoms with Crippen molar-refractivity contribution in [3.05, 3.63) is 88.4 Å². The summed E-state index contributed by atoms with van der Waals surface area (Å²) in [6.07, 6.45) is 0.293. The largest absolute Gasteiger partial charge is 0.493 e. The first-order valence-electron chi connectivity index (χ1n) is 9.34. The monoisotopic (exact) mass is 409 g/mol. The molecule has 1 unspecified atom stereocenters. The number of hydrogen-bond acceptors (Lipinski definition) is 4. The molecule has 0 aliphatic rings. The number of methoxy groups -OCH3 is 2. The Bertz CT molecular complexity index is 968. The van der Waals surface area contributed by atoms with Gasteiger partial charge in [-0.05, 0) is 55.0 Å². The van der Waals surface area contributed by atoms with Gasteiger partial charge in [0.15, 0.2) is 17.3 Å². The van der Waals surface area contributed by atoms with E-state index in [2.05, 4.69) is 5.32 Å². The summed E-state index contributed by atoms with van der Waals surface area (Å²) in [7, 11) is 3.13. The normalized spacial score (nSPS) is 11.6. The smallest absolute Gasteiger partial charge is 0.165 e. The Morgan fingerprint density at radius 1 is 0.931 bits per heavy atom. The molecule has 1 N–H and O–H groups in total. The highest BCUT2D eigenvalue weighted by Gasteiger charge is 2.19. The van der Waals surface area contributed by atoms with Crippen LogP contribution in [-0.2, 0) is 0 Å². The lowest BCUT2D eigenvalue weighted by Crippen LogP contribution is -2.16. The summed E-state index contributed by atoms with van der Waals surface area (Å²) in [4.78, 5) is 13.0. The van der Waals surface area contributed by atoms with Crippen molar-refractivity contribution in [1.29, 1.82) is 0 Å². The second kappa shape index (κ2) is 9.48. The number of rotatable bonds is 8. The van der Waals surface area contributed by atoms with E-state index in [4.69, 9.17) is 21.1 Å². The first-order valence-corrected chi connectivity index (χ1v) is 9.72. The van der Waals surface area contributed by atoms with E-state index in [1.807, 2.05) is 55.5 Å². The van der Waals surface area contributed by atoms with E-state index in [9.17, 15) is 4.79 Å². The van der Waals surface area contributed by atoms with E-state index in [1.54, 1.807) is 32.4 Å². The van der Waals surface area contributed by atoms with Gasteiger partial charge in [-0.2, -0.15) is 0 Å². The van der Waals surface area contributed by atoms with Crippen LogP contribution in [0.1, 0.15) is 33.9 Å². The van der Waals surface area contributed by atoms with Gasteiger partial charge < -0.3 is 14.8 Å². The molecule has 0 saturated carbocycles. The predicted molar refractivity (Wildman–Crippen MR) is 117 cm³/mol. The fourth-order valence-electron chi connectivity index (χ4n) is 3.11. The van der Waals surface area contributed by atoms with Crippen LogP contribution in [-0.4, -0.2) is 20.0 Å². The maximum atomic E-state index is 13.0. The molecule has 1 atom stereocenters. The van der Waals surface area contributed by atoms with Gasteiger partial charge in [0.1, 0.15) is 0 Å². The van der Waals surface area contributed by atoms with Crippen molar-refractivity contribution >= 4 is 23.1 Å². The zero-order valence-electron chi connectivity index (χ0n) is 16.7. The van der Waals surface area contributed by atoms with Crippen LogP contribution < -0.4 is 14.8 Å². The Hall–Kier alpha value is -2.98. The molecule has 3 aromatic rings. The lowest BCUT2D eigenvalue weighted by molar-refractivity contribution is 0.0976. The van der Waals surface area contributed by atoms with E-state index in [0.29, 0.717) is 28.5 Å². The number of Topliss-reactive ketones (excluding diaryl/α,β-unsaturated/α-hetero) is 1.